The van der Waals surface area contributed by atoms with Gasteiger partial charge >= 0.3 is 0 Å². The van der Waals surface area contributed by atoms with Crippen molar-refractivity contribution in [3.8, 4) is 0 Å². The lowest BCUT2D eigenvalue weighted by Gasteiger charge is -2.13. The zero-order valence-corrected chi connectivity index (χ0v) is 16.3. The van der Waals surface area contributed by atoms with Gasteiger partial charge in [0.2, 0.25) is 5.91 Å². The van der Waals surface area contributed by atoms with Gasteiger partial charge in [-0.3, -0.25) is 4.79 Å². The second-order valence-corrected chi connectivity index (χ2v) is 7.49. The average Bonchev–Trinajstić information content (AvgIpc) is 3.06. The van der Waals surface area contributed by atoms with Gasteiger partial charge in [0, 0.05) is 24.7 Å². The fourth-order valence-electron chi connectivity index (χ4n) is 2.66. The van der Waals surface area contributed by atoms with E-state index >= 15 is 0 Å². The van der Waals surface area contributed by atoms with Gasteiger partial charge in [-0.25, -0.2) is 8.78 Å². The first-order valence-electron chi connectivity index (χ1n) is 8.86. The van der Waals surface area contributed by atoms with Crippen LogP contribution in [0.2, 0.25) is 0 Å². The number of carbonyl (C=O) groups excluding carboxylic acids is 1. The first-order valence-corrected chi connectivity index (χ1v) is 9.74. The number of rotatable bonds is 7. The molecule has 0 fully saturated rings. The highest BCUT2D eigenvalue weighted by atomic mass is 32.2. The molecule has 0 aliphatic rings. The van der Waals surface area contributed by atoms with Gasteiger partial charge in [-0.1, -0.05) is 42.1 Å². The van der Waals surface area contributed by atoms with Crippen molar-refractivity contribution in [3.63, 3.8) is 0 Å². The summed E-state index contributed by atoms with van der Waals surface area (Å²) in [6.07, 6.45) is 0.650. The summed E-state index contributed by atoms with van der Waals surface area (Å²) in [5, 5.41) is 11.2. The molecular weight excluding hydrogens is 382 g/mol. The molecule has 0 radical (unpaired) electrons. The fraction of sp³-hybridized carbons (Fsp3) is 0.250. The molecule has 0 spiro atoms. The minimum Gasteiger partial charge on any atom is -0.325 e. The summed E-state index contributed by atoms with van der Waals surface area (Å²) >= 11 is 1.27. The van der Waals surface area contributed by atoms with Crippen molar-refractivity contribution in [1.29, 1.82) is 0 Å². The molecule has 1 heterocycles. The molecule has 0 bridgehead atoms. The zero-order chi connectivity index (χ0) is 20.1. The van der Waals surface area contributed by atoms with Gasteiger partial charge in [0.1, 0.15) is 5.82 Å². The molecule has 1 amide bonds. The smallest absolute Gasteiger partial charge is 0.237 e. The van der Waals surface area contributed by atoms with Crippen LogP contribution in [0.4, 0.5) is 14.5 Å². The number of carbonyl (C=O) groups is 1. The standard InChI is InChI=1S/C20H20F2N4OS/c1-3-26-18(11-14-7-5-4-6-8-14)24-25-20(26)28-13(2)19(27)23-15-9-10-16(21)17(22)12-15/h4-10,12-13H,3,11H2,1-2H3,(H,23,27)/t13-/m1/s1. The third kappa shape index (κ3) is 4.75. The largest absolute Gasteiger partial charge is 0.325 e. The number of aromatic nitrogens is 3. The van der Waals surface area contributed by atoms with Crippen LogP contribution in [0, 0.1) is 11.6 Å². The summed E-state index contributed by atoms with van der Waals surface area (Å²) in [6, 6.07) is 13.2. The van der Waals surface area contributed by atoms with Gasteiger partial charge in [-0.15, -0.1) is 10.2 Å². The van der Waals surface area contributed by atoms with E-state index in [2.05, 4.69) is 15.5 Å². The Balaban J connectivity index is 1.68. The number of thioether (sulfide) groups is 1. The van der Waals surface area contributed by atoms with Crippen molar-refractivity contribution in [3.05, 3.63) is 71.6 Å². The van der Waals surface area contributed by atoms with Crippen molar-refractivity contribution >= 4 is 23.4 Å². The zero-order valence-electron chi connectivity index (χ0n) is 15.5. The van der Waals surface area contributed by atoms with Crippen molar-refractivity contribution in [2.75, 3.05) is 5.32 Å². The van der Waals surface area contributed by atoms with E-state index < -0.39 is 16.9 Å². The van der Waals surface area contributed by atoms with E-state index in [0.717, 1.165) is 23.5 Å². The summed E-state index contributed by atoms with van der Waals surface area (Å²) in [4.78, 5) is 12.4. The first kappa shape index (κ1) is 20.0. The fourth-order valence-corrected chi connectivity index (χ4v) is 3.59. The number of benzene rings is 2. The van der Waals surface area contributed by atoms with Crippen LogP contribution in [-0.2, 0) is 17.8 Å². The summed E-state index contributed by atoms with van der Waals surface area (Å²) in [5.74, 6) is -1.47. The molecule has 0 saturated heterocycles. The maximum Gasteiger partial charge on any atom is 0.237 e. The number of hydrogen-bond donors (Lipinski definition) is 1. The number of amides is 1. The predicted molar refractivity (Wildman–Crippen MR) is 105 cm³/mol. The minimum absolute atomic E-state index is 0.207. The van der Waals surface area contributed by atoms with Crippen LogP contribution in [0.5, 0.6) is 0 Å². The van der Waals surface area contributed by atoms with E-state index in [0.29, 0.717) is 18.1 Å². The molecule has 8 heteroatoms. The number of anilines is 1. The Morgan fingerprint density at radius 3 is 2.57 bits per heavy atom. The van der Waals surface area contributed by atoms with Crippen molar-refractivity contribution in [2.45, 2.75) is 37.2 Å². The van der Waals surface area contributed by atoms with Crippen molar-refractivity contribution in [2.24, 2.45) is 0 Å². The third-order valence-corrected chi connectivity index (χ3v) is 5.23. The second kappa shape index (κ2) is 8.97. The highest BCUT2D eigenvalue weighted by Gasteiger charge is 2.20. The molecule has 5 nitrogen and oxygen atoms in total. The molecule has 1 aromatic heterocycles. The van der Waals surface area contributed by atoms with Crippen molar-refractivity contribution in [1.82, 2.24) is 14.8 Å². The van der Waals surface area contributed by atoms with Gasteiger partial charge in [0.05, 0.1) is 5.25 Å². The van der Waals surface area contributed by atoms with E-state index in [-0.39, 0.29) is 11.6 Å². The van der Waals surface area contributed by atoms with E-state index in [9.17, 15) is 13.6 Å². The number of nitrogens with zero attached hydrogens (tertiary/aromatic N) is 3. The SMILES string of the molecule is CCn1c(Cc2ccccc2)nnc1S[C@H](C)C(=O)Nc1ccc(F)c(F)c1. The molecule has 2 aromatic carbocycles. The minimum atomic E-state index is -1.01. The van der Waals surface area contributed by atoms with Gasteiger partial charge in [-0.2, -0.15) is 0 Å². The van der Waals surface area contributed by atoms with Crippen LogP contribution in [-0.4, -0.2) is 25.9 Å². The van der Waals surface area contributed by atoms with E-state index in [1.165, 1.54) is 17.8 Å². The maximum atomic E-state index is 13.3. The van der Waals surface area contributed by atoms with Gasteiger partial charge in [0.15, 0.2) is 16.8 Å². The lowest BCUT2D eigenvalue weighted by atomic mass is 10.1. The summed E-state index contributed by atoms with van der Waals surface area (Å²) < 4.78 is 28.3. The number of nitrogens with one attached hydrogen (secondary N) is 1. The van der Waals surface area contributed by atoms with Gasteiger partial charge in [-0.05, 0) is 31.5 Å². The first-order chi connectivity index (χ1) is 13.5. The summed E-state index contributed by atoms with van der Waals surface area (Å²) in [7, 11) is 0. The van der Waals surface area contributed by atoms with Crippen LogP contribution in [0.25, 0.3) is 0 Å². The number of hydrogen-bond acceptors (Lipinski definition) is 4. The molecule has 28 heavy (non-hydrogen) atoms. The highest BCUT2D eigenvalue weighted by molar-refractivity contribution is 8.00. The predicted octanol–water partition coefficient (Wildman–Crippen LogP) is 4.29. The van der Waals surface area contributed by atoms with Crippen LogP contribution in [0.1, 0.15) is 25.2 Å². The Bertz CT molecular complexity index is 962. The topological polar surface area (TPSA) is 59.8 Å². The van der Waals surface area contributed by atoms with Gasteiger partial charge in [0.25, 0.3) is 0 Å². The highest BCUT2D eigenvalue weighted by Crippen LogP contribution is 2.24. The summed E-state index contributed by atoms with van der Waals surface area (Å²) in [5.41, 5.74) is 1.34. The molecule has 0 unspecified atom stereocenters. The second-order valence-electron chi connectivity index (χ2n) is 6.18. The Labute approximate surface area is 166 Å². The quantitative estimate of drug-likeness (QED) is 0.599. The Morgan fingerprint density at radius 1 is 1.14 bits per heavy atom. The Kier molecular flexibility index (Phi) is 6.41. The molecule has 0 aliphatic heterocycles. The van der Waals surface area contributed by atoms with Crippen LogP contribution < -0.4 is 5.32 Å². The Hall–Kier alpha value is -2.74. The molecule has 0 aliphatic carbocycles. The van der Waals surface area contributed by atoms with Crippen LogP contribution in [0.3, 0.4) is 0 Å². The molecule has 1 N–H and O–H groups in total. The van der Waals surface area contributed by atoms with Crippen LogP contribution >= 0.6 is 11.8 Å². The van der Waals surface area contributed by atoms with Crippen LogP contribution in [0.15, 0.2) is 53.7 Å². The molecule has 3 rings (SSSR count). The lowest BCUT2D eigenvalue weighted by Crippen LogP contribution is -2.23. The van der Waals surface area contributed by atoms with E-state index in [1.807, 2.05) is 41.8 Å². The summed E-state index contributed by atoms with van der Waals surface area (Å²) in [6.45, 7) is 4.40. The van der Waals surface area contributed by atoms with Gasteiger partial charge < -0.3 is 9.88 Å². The number of halogens is 2. The van der Waals surface area contributed by atoms with E-state index in [4.69, 9.17) is 0 Å². The monoisotopic (exact) mass is 402 g/mol. The van der Waals surface area contributed by atoms with Crippen molar-refractivity contribution < 1.29 is 13.6 Å². The molecular formula is C20H20F2N4OS. The lowest BCUT2D eigenvalue weighted by molar-refractivity contribution is -0.115. The Morgan fingerprint density at radius 2 is 1.89 bits per heavy atom. The molecule has 0 saturated carbocycles. The average molecular weight is 402 g/mol. The van der Waals surface area contributed by atoms with E-state index in [1.54, 1.807) is 6.92 Å². The normalized spacial score (nSPS) is 12.0. The third-order valence-electron chi connectivity index (χ3n) is 4.15. The molecule has 146 valence electrons. The maximum absolute atomic E-state index is 13.3. The molecule has 1 atom stereocenters. The molecule has 3 aromatic rings.